The third kappa shape index (κ3) is 4.24. The van der Waals surface area contributed by atoms with E-state index < -0.39 is 5.92 Å². The van der Waals surface area contributed by atoms with Crippen molar-refractivity contribution in [1.29, 1.82) is 5.26 Å². The average Bonchev–Trinajstić information content (AvgIpc) is 2.71. The lowest BCUT2D eigenvalue weighted by Crippen LogP contribution is -2.33. The highest BCUT2D eigenvalue weighted by molar-refractivity contribution is 9.10. The second-order valence-corrected chi connectivity index (χ2v) is 9.57. The molecule has 0 saturated carbocycles. The first-order valence-electron chi connectivity index (χ1n) is 10.1. The van der Waals surface area contributed by atoms with Gasteiger partial charge in [0.25, 0.3) is 0 Å². The second kappa shape index (κ2) is 8.24. The van der Waals surface area contributed by atoms with E-state index in [2.05, 4.69) is 22.0 Å². The van der Waals surface area contributed by atoms with Crippen LogP contribution in [0.25, 0.3) is 0 Å². The monoisotopic (exact) mass is 478 g/mol. The number of nitrogens with zero attached hydrogens (tertiary/aromatic N) is 1. The Bertz CT molecular complexity index is 1140. The molecule has 5 nitrogen and oxygen atoms in total. The van der Waals surface area contributed by atoms with Crippen molar-refractivity contribution in [1.82, 2.24) is 0 Å². The molecule has 2 aromatic carbocycles. The van der Waals surface area contributed by atoms with E-state index in [1.807, 2.05) is 62.4 Å². The molecule has 1 atom stereocenters. The predicted octanol–water partition coefficient (Wildman–Crippen LogP) is 5.48. The number of para-hydroxylation sites is 1. The summed E-state index contributed by atoms with van der Waals surface area (Å²) in [7, 11) is 0. The van der Waals surface area contributed by atoms with E-state index in [4.69, 9.17) is 15.2 Å². The van der Waals surface area contributed by atoms with E-state index in [0.717, 1.165) is 15.6 Å². The minimum absolute atomic E-state index is 0.0146. The summed E-state index contributed by atoms with van der Waals surface area (Å²) in [6.07, 6.45) is 0.984. The lowest BCUT2D eigenvalue weighted by atomic mass is 9.70. The highest BCUT2D eigenvalue weighted by atomic mass is 79.9. The van der Waals surface area contributed by atoms with Crippen LogP contribution in [-0.2, 0) is 16.1 Å². The Labute approximate surface area is 190 Å². The molecule has 158 valence electrons. The summed E-state index contributed by atoms with van der Waals surface area (Å²) < 4.78 is 12.9. The second-order valence-electron chi connectivity index (χ2n) is 8.66. The molecule has 2 aliphatic rings. The minimum atomic E-state index is -0.599. The fourth-order valence-electron chi connectivity index (χ4n) is 4.19. The van der Waals surface area contributed by atoms with Crippen LogP contribution in [-0.4, -0.2) is 5.78 Å². The number of nitrogens with two attached hydrogens (primary N) is 1. The van der Waals surface area contributed by atoms with Gasteiger partial charge in [-0.25, -0.2) is 0 Å². The number of allylic oxidation sites excluding steroid dienone is 3. The summed E-state index contributed by atoms with van der Waals surface area (Å²) in [5.74, 6) is 0.616. The van der Waals surface area contributed by atoms with Gasteiger partial charge in [-0.1, -0.05) is 60.1 Å². The maximum Gasteiger partial charge on any atom is 0.205 e. The van der Waals surface area contributed by atoms with Gasteiger partial charge in [0.15, 0.2) is 5.78 Å². The maximum absolute atomic E-state index is 13.2. The van der Waals surface area contributed by atoms with E-state index in [1.54, 1.807) is 0 Å². The molecule has 4 rings (SSSR count). The number of nitriles is 1. The Morgan fingerprint density at radius 3 is 2.61 bits per heavy atom. The summed E-state index contributed by atoms with van der Waals surface area (Å²) >= 11 is 3.43. The highest BCUT2D eigenvalue weighted by Gasteiger charge is 2.43. The van der Waals surface area contributed by atoms with Crippen LogP contribution >= 0.6 is 15.9 Å². The van der Waals surface area contributed by atoms with Gasteiger partial charge in [-0.15, -0.1) is 0 Å². The van der Waals surface area contributed by atoms with Gasteiger partial charge in [0.05, 0.1) is 5.92 Å². The Balaban J connectivity index is 1.75. The Kier molecular flexibility index (Phi) is 5.63. The molecule has 0 aromatic heterocycles. The molecule has 2 aromatic rings. The Morgan fingerprint density at radius 2 is 1.90 bits per heavy atom. The number of hydrogen-bond acceptors (Lipinski definition) is 5. The number of carbonyl (C=O) groups is 1. The summed E-state index contributed by atoms with van der Waals surface area (Å²) in [5, 5.41) is 9.85. The molecule has 31 heavy (non-hydrogen) atoms. The van der Waals surface area contributed by atoms with E-state index in [-0.39, 0.29) is 22.7 Å². The van der Waals surface area contributed by atoms with Gasteiger partial charge in [0.1, 0.15) is 29.8 Å². The number of benzene rings is 2. The van der Waals surface area contributed by atoms with E-state index in [9.17, 15) is 10.1 Å². The van der Waals surface area contributed by atoms with Crippen molar-refractivity contribution in [3.63, 3.8) is 0 Å². The summed E-state index contributed by atoms with van der Waals surface area (Å²) in [6.45, 7) is 4.42. The zero-order valence-electron chi connectivity index (χ0n) is 17.4. The Hall–Kier alpha value is -3.04. The normalized spacial score (nSPS) is 20.1. The van der Waals surface area contributed by atoms with Crippen LogP contribution in [0.15, 0.2) is 75.8 Å². The molecule has 0 fully saturated rings. The van der Waals surface area contributed by atoms with Crippen molar-refractivity contribution in [3.8, 4) is 11.8 Å². The van der Waals surface area contributed by atoms with Crippen LogP contribution in [0.1, 0.15) is 43.7 Å². The quantitative estimate of drug-likeness (QED) is 0.628. The lowest BCUT2D eigenvalue weighted by molar-refractivity contribution is -0.119. The van der Waals surface area contributed by atoms with Crippen molar-refractivity contribution < 1.29 is 14.3 Å². The molecule has 1 aliphatic heterocycles. The van der Waals surface area contributed by atoms with Crippen LogP contribution < -0.4 is 10.5 Å². The first kappa shape index (κ1) is 21.2. The van der Waals surface area contributed by atoms with Crippen molar-refractivity contribution in [2.75, 3.05) is 0 Å². The SMILES string of the molecule is CC1(C)CC(=O)C2=C(C1)OC(N)=C(C#N)[C@@H]2c1ccccc1OCc1ccc(Br)cc1. The number of carbonyl (C=O) groups excluding carboxylic acids is 1. The van der Waals surface area contributed by atoms with Crippen molar-refractivity contribution >= 4 is 21.7 Å². The molecule has 0 radical (unpaired) electrons. The van der Waals surface area contributed by atoms with Gasteiger partial charge < -0.3 is 15.2 Å². The standard InChI is InChI=1S/C25H23BrN2O3/c1-25(2)11-19(29)23-21(12-25)31-24(28)18(13-27)22(23)17-5-3-4-6-20(17)30-14-15-7-9-16(26)10-8-15/h3-10,22H,11-12,14,28H2,1-2H3/t22-/m0/s1. The van der Waals surface area contributed by atoms with Crippen molar-refractivity contribution in [2.45, 2.75) is 39.2 Å². The first-order chi connectivity index (χ1) is 14.8. The minimum Gasteiger partial charge on any atom is -0.489 e. The van der Waals surface area contributed by atoms with Gasteiger partial charge in [0, 0.05) is 28.5 Å². The molecule has 1 aliphatic carbocycles. The fraction of sp³-hybridized carbons (Fsp3) is 0.280. The molecule has 0 amide bonds. The summed E-state index contributed by atoms with van der Waals surface area (Å²) in [6, 6.07) is 17.5. The first-order valence-corrected chi connectivity index (χ1v) is 10.9. The smallest absolute Gasteiger partial charge is 0.205 e. The molecule has 0 bridgehead atoms. The van der Waals surface area contributed by atoms with Gasteiger partial charge >= 0.3 is 0 Å². The van der Waals surface area contributed by atoms with Gasteiger partial charge in [-0.2, -0.15) is 5.26 Å². The number of hydrogen-bond donors (Lipinski definition) is 1. The largest absolute Gasteiger partial charge is 0.489 e. The van der Waals surface area contributed by atoms with E-state index in [0.29, 0.717) is 36.5 Å². The number of halogens is 1. The molecule has 0 saturated heterocycles. The van der Waals surface area contributed by atoms with Crippen LogP contribution in [0.3, 0.4) is 0 Å². The molecule has 1 heterocycles. The number of ether oxygens (including phenoxy) is 2. The van der Waals surface area contributed by atoms with Crippen LogP contribution in [0.2, 0.25) is 0 Å². The van der Waals surface area contributed by atoms with Crippen molar-refractivity contribution in [2.24, 2.45) is 11.1 Å². The third-order valence-electron chi connectivity index (χ3n) is 5.61. The fourth-order valence-corrected chi connectivity index (χ4v) is 4.45. The molecule has 0 unspecified atom stereocenters. The molecular weight excluding hydrogens is 456 g/mol. The van der Waals surface area contributed by atoms with E-state index >= 15 is 0 Å². The van der Waals surface area contributed by atoms with Crippen LogP contribution in [0.4, 0.5) is 0 Å². The number of Topliss-reactive ketones (excluding diaryl/α,β-unsaturated/α-hetero) is 1. The number of ketones is 1. The number of rotatable bonds is 4. The Morgan fingerprint density at radius 1 is 1.19 bits per heavy atom. The highest BCUT2D eigenvalue weighted by Crippen LogP contribution is 2.49. The van der Waals surface area contributed by atoms with Crippen molar-refractivity contribution in [3.05, 3.63) is 86.9 Å². The van der Waals surface area contributed by atoms with Crippen LogP contribution in [0, 0.1) is 16.7 Å². The van der Waals surface area contributed by atoms with Gasteiger partial charge in [0.2, 0.25) is 5.88 Å². The van der Waals surface area contributed by atoms with E-state index in [1.165, 1.54) is 0 Å². The maximum atomic E-state index is 13.2. The zero-order valence-corrected chi connectivity index (χ0v) is 19.0. The molecule has 6 heteroatoms. The zero-order chi connectivity index (χ0) is 22.2. The molecular formula is C25H23BrN2O3. The average molecular weight is 479 g/mol. The topological polar surface area (TPSA) is 85.3 Å². The van der Waals surface area contributed by atoms with Gasteiger partial charge in [-0.3, -0.25) is 4.79 Å². The summed E-state index contributed by atoms with van der Waals surface area (Å²) in [4.78, 5) is 13.2. The molecule has 0 spiro atoms. The third-order valence-corrected chi connectivity index (χ3v) is 6.14. The summed E-state index contributed by atoms with van der Waals surface area (Å²) in [5.41, 5.74) is 8.42. The predicted molar refractivity (Wildman–Crippen MR) is 121 cm³/mol. The van der Waals surface area contributed by atoms with Gasteiger partial charge in [-0.05, 0) is 29.2 Å². The molecule has 2 N–H and O–H groups in total. The lowest BCUT2D eigenvalue weighted by Gasteiger charge is -2.37. The van der Waals surface area contributed by atoms with Crippen LogP contribution in [0.5, 0.6) is 5.75 Å².